The van der Waals surface area contributed by atoms with Gasteiger partial charge in [0.15, 0.2) is 6.61 Å². The lowest BCUT2D eigenvalue weighted by Gasteiger charge is -2.30. The van der Waals surface area contributed by atoms with E-state index in [9.17, 15) is 23.3 Å². The van der Waals surface area contributed by atoms with Gasteiger partial charge >= 0.3 is 0 Å². The van der Waals surface area contributed by atoms with Gasteiger partial charge in [0.25, 0.3) is 11.6 Å². The number of nitro groups is 1. The van der Waals surface area contributed by atoms with Crippen molar-refractivity contribution in [2.24, 2.45) is 0 Å². The largest absolute Gasteiger partial charge is 0.484 e. The normalized spacial score (nSPS) is 16.7. The average molecular weight is 445 g/mol. The van der Waals surface area contributed by atoms with Crippen LogP contribution in [0.3, 0.4) is 0 Å². The summed E-state index contributed by atoms with van der Waals surface area (Å²) in [5.41, 5.74) is 1.47. The minimum Gasteiger partial charge on any atom is -0.484 e. The van der Waals surface area contributed by atoms with E-state index in [4.69, 9.17) is 4.74 Å². The van der Waals surface area contributed by atoms with Crippen LogP contribution in [0.5, 0.6) is 5.75 Å². The Morgan fingerprint density at radius 1 is 1.03 bits per heavy atom. The zero-order valence-electron chi connectivity index (χ0n) is 16.9. The highest BCUT2D eigenvalue weighted by Crippen LogP contribution is 2.31. The summed E-state index contributed by atoms with van der Waals surface area (Å²) in [6.45, 7) is 1.40. The van der Waals surface area contributed by atoms with E-state index in [1.54, 1.807) is 23.1 Å². The van der Waals surface area contributed by atoms with E-state index in [1.165, 1.54) is 28.6 Å². The van der Waals surface area contributed by atoms with Crippen molar-refractivity contribution in [1.82, 2.24) is 4.31 Å². The summed E-state index contributed by atoms with van der Waals surface area (Å²) in [4.78, 5) is 24.9. The molecule has 10 heteroatoms. The third kappa shape index (κ3) is 4.40. The molecule has 2 aromatic carbocycles. The number of nitrogens with zero attached hydrogens (tertiary/aromatic N) is 3. The Hall–Kier alpha value is -2.98. The maximum Gasteiger partial charge on any atom is 0.269 e. The Kier molecular flexibility index (Phi) is 5.92. The molecule has 0 unspecified atom stereocenters. The zero-order valence-corrected chi connectivity index (χ0v) is 17.7. The molecular formula is C21H23N3O6S. The Bertz CT molecular complexity index is 1090. The molecule has 0 spiro atoms. The molecule has 1 saturated heterocycles. The minimum atomic E-state index is -3.51. The molecule has 2 aliphatic heterocycles. The van der Waals surface area contributed by atoms with Gasteiger partial charge in [0, 0.05) is 37.5 Å². The molecule has 2 aromatic rings. The Balaban J connectivity index is 1.47. The fourth-order valence-corrected chi connectivity index (χ4v) is 5.53. The van der Waals surface area contributed by atoms with Crippen LogP contribution in [0.4, 0.5) is 11.4 Å². The van der Waals surface area contributed by atoms with Crippen LogP contribution in [0, 0.1) is 10.1 Å². The number of benzene rings is 2. The van der Waals surface area contributed by atoms with Gasteiger partial charge in [-0.2, -0.15) is 4.31 Å². The summed E-state index contributed by atoms with van der Waals surface area (Å²) >= 11 is 0. The first-order valence-electron chi connectivity index (χ1n) is 10.2. The van der Waals surface area contributed by atoms with Crippen molar-refractivity contribution in [2.45, 2.75) is 30.6 Å². The van der Waals surface area contributed by atoms with Crippen LogP contribution in [0.15, 0.2) is 47.4 Å². The predicted octanol–water partition coefficient (Wildman–Crippen LogP) is 2.74. The molecule has 0 aromatic heterocycles. The molecule has 2 aliphatic rings. The Morgan fingerprint density at radius 3 is 2.42 bits per heavy atom. The van der Waals surface area contributed by atoms with E-state index in [-0.39, 0.29) is 23.1 Å². The summed E-state index contributed by atoms with van der Waals surface area (Å²) in [5, 5.41) is 10.7. The van der Waals surface area contributed by atoms with Crippen molar-refractivity contribution < 1.29 is 22.9 Å². The lowest BCUT2D eigenvalue weighted by Crippen LogP contribution is -2.38. The third-order valence-corrected chi connectivity index (χ3v) is 7.48. The lowest BCUT2D eigenvalue weighted by atomic mass is 10.0. The van der Waals surface area contributed by atoms with Crippen molar-refractivity contribution in [3.05, 3.63) is 58.1 Å². The van der Waals surface area contributed by atoms with E-state index >= 15 is 0 Å². The zero-order chi connectivity index (χ0) is 22.0. The maximum absolute atomic E-state index is 12.8. The topological polar surface area (TPSA) is 110 Å². The molecule has 1 amide bonds. The average Bonchev–Trinajstić information content (AvgIpc) is 3.33. The van der Waals surface area contributed by atoms with Gasteiger partial charge in [-0.1, -0.05) is 0 Å². The standard InChI is InChI=1S/C21H23N3O6S/c25-21(15-30-18-7-5-17(6-8-18)24(26)27)23-13-3-4-16-14-19(9-10-20(16)23)31(28,29)22-11-1-2-12-22/h5-10,14H,1-4,11-13,15H2. The van der Waals surface area contributed by atoms with E-state index in [0.717, 1.165) is 24.8 Å². The number of carbonyl (C=O) groups is 1. The van der Waals surface area contributed by atoms with Gasteiger partial charge in [0.2, 0.25) is 10.0 Å². The number of anilines is 1. The highest BCUT2D eigenvalue weighted by atomic mass is 32.2. The molecule has 0 radical (unpaired) electrons. The van der Waals surface area contributed by atoms with E-state index < -0.39 is 14.9 Å². The number of non-ortho nitro benzene ring substituents is 1. The van der Waals surface area contributed by atoms with Crippen LogP contribution in [0.2, 0.25) is 0 Å². The monoisotopic (exact) mass is 445 g/mol. The number of hydrogen-bond donors (Lipinski definition) is 0. The van der Waals surface area contributed by atoms with Crippen LogP contribution < -0.4 is 9.64 Å². The SMILES string of the molecule is O=C(COc1ccc([N+](=O)[O-])cc1)N1CCCc2cc(S(=O)(=O)N3CCCC3)ccc21. The molecule has 0 N–H and O–H groups in total. The predicted molar refractivity (Wildman–Crippen MR) is 114 cm³/mol. The number of aryl methyl sites for hydroxylation is 1. The third-order valence-electron chi connectivity index (χ3n) is 5.58. The molecule has 2 heterocycles. The number of amides is 1. The van der Waals surface area contributed by atoms with Crippen molar-refractivity contribution in [2.75, 3.05) is 31.1 Å². The second kappa shape index (κ2) is 8.64. The van der Waals surface area contributed by atoms with Gasteiger partial charge in [0.1, 0.15) is 5.75 Å². The van der Waals surface area contributed by atoms with Gasteiger partial charge in [0.05, 0.1) is 9.82 Å². The molecular weight excluding hydrogens is 422 g/mol. The smallest absolute Gasteiger partial charge is 0.269 e. The van der Waals surface area contributed by atoms with E-state index in [0.29, 0.717) is 37.5 Å². The maximum atomic E-state index is 12.8. The van der Waals surface area contributed by atoms with Crippen LogP contribution >= 0.6 is 0 Å². The number of nitro benzene ring substituents is 1. The van der Waals surface area contributed by atoms with Crippen LogP contribution in [-0.4, -0.2) is 49.8 Å². The molecule has 9 nitrogen and oxygen atoms in total. The van der Waals surface area contributed by atoms with Gasteiger partial charge in [-0.15, -0.1) is 0 Å². The number of sulfonamides is 1. The van der Waals surface area contributed by atoms with Crippen LogP contribution in [-0.2, 0) is 21.2 Å². The summed E-state index contributed by atoms with van der Waals surface area (Å²) in [6.07, 6.45) is 3.18. The number of rotatable bonds is 6. The highest BCUT2D eigenvalue weighted by molar-refractivity contribution is 7.89. The first-order chi connectivity index (χ1) is 14.9. The fraction of sp³-hybridized carbons (Fsp3) is 0.381. The van der Waals surface area contributed by atoms with E-state index in [1.807, 2.05) is 0 Å². The number of ether oxygens (including phenoxy) is 1. The quantitative estimate of drug-likeness (QED) is 0.499. The van der Waals surface area contributed by atoms with Crippen molar-refractivity contribution >= 4 is 27.3 Å². The second-order valence-electron chi connectivity index (χ2n) is 7.59. The van der Waals surface area contributed by atoms with Crippen molar-refractivity contribution in [1.29, 1.82) is 0 Å². The Morgan fingerprint density at radius 2 is 1.74 bits per heavy atom. The molecule has 31 heavy (non-hydrogen) atoms. The van der Waals surface area contributed by atoms with Crippen molar-refractivity contribution in [3.63, 3.8) is 0 Å². The first kappa shape index (κ1) is 21.3. The van der Waals surface area contributed by atoms with Gasteiger partial charge in [-0.05, 0) is 61.6 Å². The van der Waals surface area contributed by atoms with Gasteiger partial charge in [-0.3, -0.25) is 14.9 Å². The highest BCUT2D eigenvalue weighted by Gasteiger charge is 2.29. The number of fused-ring (bicyclic) bond motifs is 1. The fourth-order valence-electron chi connectivity index (χ4n) is 3.96. The summed E-state index contributed by atoms with van der Waals surface area (Å²) < 4.78 is 32.7. The summed E-state index contributed by atoms with van der Waals surface area (Å²) in [5.74, 6) is 0.109. The Labute approximate surface area is 180 Å². The molecule has 0 bridgehead atoms. The molecule has 164 valence electrons. The first-order valence-corrected chi connectivity index (χ1v) is 11.6. The van der Waals surface area contributed by atoms with Gasteiger partial charge < -0.3 is 9.64 Å². The molecule has 0 aliphatic carbocycles. The number of carbonyl (C=O) groups excluding carboxylic acids is 1. The number of hydrogen-bond acceptors (Lipinski definition) is 6. The molecule has 1 fully saturated rings. The van der Waals surface area contributed by atoms with Crippen LogP contribution in [0.25, 0.3) is 0 Å². The van der Waals surface area contributed by atoms with Gasteiger partial charge in [-0.25, -0.2) is 8.42 Å². The lowest BCUT2D eigenvalue weighted by molar-refractivity contribution is -0.384. The van der Waals surface area contributed by atoms with Crippen molar-refractivity contribution in [3.8, 4) is 5.75 Å². The molecule has 0 atom stereocenters. The molecule has 0 saturated carbocycles. The second-order valence-corrected chi connectivity index (χ2v) is 9.53. The van der Waals surface area contributed by atoms with E-state index in [2.05, 4.69) is 0 Å². The summed E-state index contributed by atoms with van der Waals surface area (Å²) in [7, 11) is -3.51. The van der Waals surface area contributed by atoms with Crippen LogP contribution in [0.1, 0.15) is 24.8 Å². The molecule has 4 rings (SSSR count). The summed E-state index contributed by atoms with van der Waals surface area (Å²) in [6, 6.07) is 10.5. The minimum absolute atomic E-state index is 0.0525.